The monoisotopic (exact) mass is 358 g/mol. The van der Waals surface area contributed by atoms with Crippen molar-refractivity contribution in [2.75, 3.05) is 34.0 Å². The van der Waals surface area contributed by atoms with Gasteiger partial charge in [0.05, 0.1) is 19.8 Å². The van der Waals surface area contributed by atoms with Crippen LogP contribution in [0.25, 0.3) is 10.9 Å². The fourth-order valence-corrected chi connectivity index (χ4v) is 3.18. The number of carbonyl (C=O) groups is 1. The highest BCUT2D eigenvalue weighted by Gasteiger charge is 2.16. The second-order valence-corrected chi connectivity index (χ2v) is 6.58. The fraction of sp³-hybridized carbons (Fsp3) is 0.500. The molecule has 26 heavy (non-hydrogen) atoms. The van der Waals surface area contributed by atoms with Crippen molar-refractivity contribution in [2.45, 2.75) is 31.9 Å². The standard InChI is InChI=1S/C20H26N2O4/c1-22(19(23)14-25-13-16-6-3-4-11-26-16)12-15-8-9-18(24-2)20-17(15)7-5-10-21-20/h5,7-10,16H,3-4,6,11-14H2,1-2H3/t16-/m0/s1. The second-order valence-electron chi connectivity index (χ2n) is 6.58. The predicted molar refractivity (Wildman–Crippen MR) is 99.2 cm³/mol. The van der Waals surface area contributed by atoms with E-state index in [-0.39, 0.29) is 18.6 Å². The van der Waals surface area contributed by atoms with Gasteiger partial charge in [0, 0.05) is 31.8 Å². The zero-order valence-corrected chi connectivity index (χ0v) is 15.4. The van der Waals surface area contributed by atoms with Crippen molar-refractivity contribution >= 4 is 16.8 Å². The van der Waals surface area contributed by atoms with E-state index in [9.17, 15) is 4.79 Å². The first-order valence-electron chi connectivity index (χ1n) is 9.03. The summed E-state index contributed by atoms with van der Waals surface area (Å²) in [6.07, 6.45) is 5.15. The van der Waals surface area contributed by atoms with Crippen molar-refractivity contribution in [1.29, 1.82) is 0 Å². The molecule has 6 nitrogen and oxygen atoms in total. The third-order valence-corrected chi connectivity index (χ3v) is 4.68. The van der Waals surface area contributed by atoms with Gasteiger partial charge < -0.3 is 19.1 Å². The molecule has 0 saturated carbocycles. The summed E-state index contributed by atoms with van der Waals surface area (Å²) < 4.78 is 16.6. The third kappa shape index (κ3) is 4.51. The molecule has 1 aliphatic rings. The summed E-state index contributed by atoms with van der Waals surface area (Å²) in [5.41, 5.74) is 1.83. The molecule has 140 valence electrons. The van der Waals surface area contributed by atoms with Crippen LogP contribution in [0.2, 0.25) is 0 Å². The normalized spacial score (nSPS) is 17.2. The average molecular weight is 358 g/mol. The molecule has 1 saturated heterocycles. The van der Waals surface area contributed by atoms with E-state index in [2.05, 4.69) is 4.98 Å². The Kier molecular flexibility index (Phi) is 6.41. The third-order valence-electron chi connectivity index (χ3n) is 4.68. The van der Waals surface area contributed by atoms with Crippen LogP contribution >= 0.6 is 0 Å². The van der Waals surface area contributed by atoms with Gasteiger partial charge in [0.15, 0.2) is 0 Å². The highest BCUT2D eigenvalue weighted by molar-refractivity contribution is 5.88. The zero-order valence-electron chi connectivity index (χ0n) is 15.4. The summed E-state index contributed by atoms with van der Waals surface area (Å²) in [6.45, 7) is 1.84. The fourth-order valence-electron chi connectivity index (χ4n) is 3.18. The van der Waals surface area contributed by atoms with Crippen LogP contribution in [0.5, 0.6) is 5.75 Å². The minimum atomic E-state index is -0.0475. The maximum absolute atomic E-state index is 12.4. The molecular formula is C20H26N2O4. The van der Waals surface area contributed by atoms with Gasteiger partial charge in [-0.15, -0.1) is 0 Å². The Balaban J connectivity index is 1.58. The van der Waals surface area contributed by atoms with Crippen molar-refractivity contribution in [3.8, 4) is 5.75 Å². The van der Waals surface area contributed by atoms with Gasteiger partial charge >= 0.3 is 0 Å². The number of aromatic nitrogens is 1. The minimum Gasteiger partial charge on any atom is -0.494 e. The van der Waals surface area contributed by atoms with Crippen LogP contribution in [0, 0.1) is 0 Å². The summed E-state index contributed by atoms with van der Waals surface area (Å²) in [4.78, 5) is 18.4. The molecule has 2 heterocycles. The van der Waals surface area contributed by atoms with Crippen LogP contribution in [0.4, 0.5) is 0 Å². The van der Waals surface area contributed by atoms with E-state index in [0.717, 1.165) is 41.7 Å². The van der Waals surface area contributed by atoms with E-state index >= 15 is 0 Å². The lowest BCUT2D eigenvalue weighted by Gasteiger charge is -2.23. The van der Waals surface area contributed by atoms with Gasteiger partial charge in [-0.2, -0.15) is 0 Å². The van der Waals surface area contributed by atoms with Gasteiger partial charge in [-0.05, 0) is 37.0 Å². The number of ether oxygens (including phenoxy) is 3. The molecule has 0 aliphatic carbocycles. The molecule has 3 rings (SSSR count). The lowest BCUT2D eigenvalue weighted by atomic mass is 10.1. The largest absolute Gasteiger partial charge is 0.494 e. The molecule has 1 atom stereocenters. The Hall–Kier alpha value is -2.18. The van der Waals surface area contributed by atoms with Gasteiger partial charge in [0.25, 0.3) is 0 Å². The first-order valence-corrected chi connectivity index (χ1v) is 9.03. The Labute approximate surface area is 154 Å². The van der Waals surface area contributed by atoms with Gasteiger partial charge in [-0.1, -0.05) is 12.1 Å². The molecule has 1 aromatic carbocycles. The number of pyridine rings is 1. The molecule has 0 spiro atoms. The molecule has 1 amide bonds. The molecule has 1 aliphatic heterocycles. The smallest absolute Gasteiger partial charge is 0.248 e. The van der Waals surface area contributed by atoms with Crippen molar-refractivity contribution in [3.05, 3.63) is 36.0 Å². The summed E-state index contributed by atoms with van der Waals surface area (Å²) in [5, 5.41) is 0.989. The van der Waals surface area contributed by atoms with Crippen LogP contribution in [0.1, 0.15) is 24.8 Å². The van der Waals surface area contributed by atoms with Gasteiger partial charge in [-0.25, -0.2) is 0 Å². The van der Waals surface area contributed by atoms with E-state index in [1.807, 2.05) is 24.3 Å². The van der Waals surface area contributed by atoms with Crippen LogP contribution in [0.3, 0.4) is 0 Å². The lowest BCUT2D eigenvalue weighted by Crippen LogP contribution is -2.32. The number of likely N-dealkylation sites (N-methyl/N-ethyl adjacent to an activating group) is 1. The summed E-state index contributed by atoms with van der Waals surface area (Å²) in [6, 6.07) is 7.75. The number of amides is 1. The SMILES string of the molecule is COc1ccc(CN(C)C(=O)COC[C@@H]2CCCCO2)c2cccnc12. The van der Waals surface area contributed by atoms with Gasteiger partial charge in [0.1, 0.15) is 17.9 Å². The first-order chi connectivity index (χ1) is 12.7. The Morgan fingerprint density at radius 2 is 2.23 bits per heavy atom. The molecule has 0 bridgehead atoms. The van der Waals surface area contributed by atoms with E-state index in [1.54, 1.807) is 25.3 Å². The topological polar surface area (TPSA) is 60.9 Å². The molecule has 0 N–H and O–H groups in total. The number of hydrogen-bond donors (Lipinski definition) is 0. The molecule has 6 heteroatoms. The maximum atomic E-state index is 12.4. The van der Waals surface area contributed by atoms with E-state index in [0.29, 0.717) is 13.2 Å². The predicted octanol–water partition coefficient (Wildman–Crippen LogP) is 2.79. The number of carbonyl (C=O) groups excluding carboxylic acids is 1. The number of benzene rings is 1. The van der Waals surface area contributed by atoms with Crippen LogP contribution < -0.4 is 4.74 Å². The summed E-state index contributed by atoms with van der Waals surface area (Å²) >= 11 is 0. The lowest BCUT2D eigenvalue weighted by molar-refractivity contribution is -0.137. The number of methoxy groups -OCH3 is 1. The molecule has 0 radical (unpaired) electrons. The van der Waals surface area contributed by atoms with Crippen LogP contribution in [-0.2, 0) is 20.8 Å². The van der Waals surface area contributed by atoms with Crippen molar-refractivity contribution in [3.63, 3.8) is 0 Å². The van der Waals surface area contributed by atoms with E-state index in [4.69, 9.17) is 14.2 Å². The van der Waals surface area contributed by atoms with Gasteiger partial charge in [0.2, 0.25) is 5.91 Å². The summed E-state index contributed by atoms with van der Waals surface area (Å²) in [7, 11) is 3.42. The van der Waals surface area contributed by atoms with Crippen molar-refractivity contribution in [2.24, 2.45) is 0 Å². The minimum absolute atomic E-state index is 0.0475. The number of hydrogen-bond acceptors (Lipinski definition) is 5. The summed E-state index contributed by atoms with van der Waals surface area (Å²) in [5.74, 6) is 0.683. The number of nitrogens with zero attached hydrogens (tertiary/aromatic N) is 2. The number of fused-ring (bicyclic) bond motifs is 1. The maximum Gasteiger partial charge on any atom is 0.248 e. The average Bonchev–Trinajstić information content (AvgIpc) is 2.69. The molecule has 0 unspecified atom stereocenters. The Morgan fingerprint density at radius 1 is 1.35 bits per heavy atom. The van der Waals surface area contributed by atoms with E-state index in [1.165, 1.54) is 6.42 Å². The van der Waals surface area contributed by atoms with Crippen molar-refractivity contribution in [1.82, 2.24) is 9.88 Å². The van der Waals surface area contributed by atoms with Crippen molar-refractivity contribution < 1.29 is 19.0 Å². The zero-order chi connectivity index (χ0) is 18.4. The quantitative estimate of drug-likeness (QED) is 0.762. The highest BCUT2D eigenvalue weighted by Crippen LogP contribution is 2.27. The first kappa shape index (κ1) is 18.6. The molecule has 1 fully saturated rings. The highest BCUT2D eigenvalue weighted by atomic mass is 16.5. The van der Waals surface area contributed by atoms with Crippen LogP contribution in [-0.4, -0.2) is 55.9 Å². The molecular weight excluding hydrogens is 332 g/mol. The Morgan fingerprint density at radius 3 is 3.00 bits per heavy atom. The Bertz CT molecular complexity index is 744. The molecule has 1 aromatic heterocycles. The van der Waals surface area contributed by atoms with Gasteiger partial charge in [-0.3, -0.25) is 9.78 Å². The van der Waals surface area contributed by atoms with Crippen LogP contribution in [0.15, 0.2) is 30.5 Å². The number of rotatable bonds is 7. The second kappa shape index (κ2) is 8.96. The molecule has 2 aromatic rings. The van der Waals surface area contributed by atoms with E-state index < -0.39 is 0 Å².